The van der Waals surface area contributed by atoms with Crippen molar-refractivity contribution in [1.29, 1.82) is 0 Å². The standard InChI is InChI=1S/C24H23F2NO6/c1-31-24(30)19-10-16(25)2-3-21(19)32-12-14-4-6-27(7-5-14)23(29)18-9-15-8-17(28)13-33-22(15)11-20(18)26/h2-3,9-11,14H,4-8,12-13H2,1H3. The number of benzene rings is 2. The lowest BCUT2D eigenvalue weighted by Crippen LogP contribution is -2.40. The second-order valence-corrected chi connectivity index (χ2v) is 8.12. The number of ketones is 1. The first kappa shape index (κ1) is 22.7. The summed E-state index contributed by atoms with van der Waals surface area (Å²) in [6.07, 6.45) is 1.36. The van der Waals surface area contributed by atoms with Crippen LogP contribution in [0.2, 0.25) is 0 Å². The summed E-state index contributed by atoms with van der Waals surface area (Å²) in [5, 5.41) is 0. The van der Waals surface area contributed by atoms with Crippen molar-refractivity contribution in [1.82, 2.24) is 4.90 Å². The number of hydrogen-bond acceptors (Lipinski definition) is 6. The quantitative estimate of drug-likeness (QED) is 0.639. The van der Waals surface area contributed by atoms with Gasteiger partial charge in [0.25, 0.3) is 5.91 Å². The maximum atomic E-state index is 14.5. The zero-order valence-corrected chi connectivity index (χ0v) is 18.1. The molecule has 2 aliphatic rings. The molecule has 33 heavy (non-hydrogen) atoms. The summed E-state index contributed by atoms with van der Waals surface area (Å²) in [5.41, 5.74) is 0.450. The molecule has 0 N–H and O–H groups in total. The number of amides is 1. The smallest absolute Gasteiger partial charge is 0.341 e. The molecule has 0 saturated carbocycles. The highest BCUT2D eigenvalue weighted by Crippen LogP contribution is 2.29. The SMILES string of the molecule is COC(=O)c1cc(F)ccc1OCC1CCN(C(=O)c2cc3c(cc2F)OCC(=O)C3)CC1. The Morgan fingerprint density at radius 1 is 1.12 bits per heavy atom. The Balaban J connectivity index is 1.36. The average molecular weight is 459 g/mol. The van der Waals surface area contributed by atoms with Crippen molar-refractivity contribution >= 4 is 17.7 Å². The molecule has 0 bridgehead atoms. The van der Waals surface area contributed by atoms with Crippen LogP contribution in [0.1, 0.15) is 39.1 Å². The zero-order valence-electron chi connectivity index (χ0n) is 18.1. The van der Waals surface area contributed by atoms with Gasteiger partial charge in [0.15, 0.2) is 5.78 Å². The van der Waals surface area contributed by atoms with E-state index in [4.69, 9.17) is 9.47 Å². The highest BCUT2D eigenvalue weighted by molar-refractivity contribution is 5.96. The molecule has 0 spiro atoms. The van der Waals surface area contributed by atoms with Gasteiger partial charge in [-0.15, -0.1) is 0 Å². The van der Waals surface area contributed by atoms with E-state index in [9.17, 15) is 23.2 Å². The fraction of sp³-hybridized carbons (Fsp3) is 0.375. The minimum Gasteiger partial charge on any atom is -0.492 e. The average Bonchev–Trinajstić information content (AvgIpc) is 2.82. The van der Waals surface area contributed by atoms with E-state index in [0.717, 1.165) is 12.1 Å². The third-order valence-corrected chi connectivity index (χ3v) is 5.88. The Hall–Kier alpha value is -3.49. The van der Waals surface area contributed by atoms with Gasteiger partial charge in [0.1, 0.15) is 35.3 Å². The van der Waals surface area contributed by atoms with Crippen molar-refractivity contribution in [3.8, 4) is 11.5 Å². The van der Waals surface area contributed by atoms with Crippen molar-refractivity contribution in [3.05, 3.63) is 58.7 Å². The Bertz CT molecular complexity index is 1090. The first-order valence-corrected chi connectivity index (χ1v) is 10.6. The van der Waals surface area contributed by atoms with E-state index in [1.54, 1.807) is 4.90 Å². The lowest BCUT2D eigenvalue weighted by atomic mass is 9.96. The predicted octanol–water partition coefficient (Wildman–Crippen LogP) is 3.19. The summed E-state index contributed by atoms with van der Waals surface area (Å²) in [6.45, 7) is 1.01. The molecule has 7 nitrogen and oxygen atoms in total. The van der Waals surface area contributed by atoms with Crippen LogP contribution in [0.5, 0.6) is 11.5 Å². The number of ether oxygens (including phenoxy) is 3. The van der Waals surface area contributed by atoms with Gasteiger partial charge in [-0.2, -0.15) is 0 Å². The van der Waals surface area contributed by atoms with E-state index < -0.39 is 23.5 Å². The van der Waals surface area contributed by atoms with Crippen molar-refractivity contribution in [2.45, 2.75) is 19.3 Å². The molecule has 2 aliphatic heterocycles. The van der Waals surface area contributed by atoms with Crippen molar-refractivity contribution in [3.63, 3.8) is 0 Å². The van der Waals surface area contributed by atoms with E-state index in [1.807, 2.05) is 0 Å². The molecule has 1 saturated heterocycles. The highest BCUT2D eigenvalue weighted by atomic mass is 19.1. The van der Waals surface area contributed by atoms with Gasteiger partial charge in [0.05, 0.1) is 19.3 Å². The van der Waals surface area contributed by atoms with Crippen LogP contribution in [0.25, 0.3) is 0 Å². The molecule has 0 radical (unpaired) electrons. The minimum atomic E-state index is -0.691. The molecule has 2 aromatic carbocycles. The fourth-order valence-electron chi connectivity index (χ4n) is 4.04. The van der Waals surface area contributed by atoms with Gasteiger partial charge in [0, 0.05) is 31.1 Å². The molecule has 1 fully saturated rings. The molecule has 0 atom stereocenters. The zero-order chi connectivity index (χ0) is 23.5. The lowest BCUT2D eigenvalue weighted by Gasteiger charge is -2.32. The topological polar surface area (TPSA) is 82.1 Å². The van der Waals surface area contributed by atoms with Gasteiger partial charge >= 0.3 is 5.97 Å². The van der Waals surface area contributed by atoms with Crippen LogP contribution in [0, 0.1) is 17.6 Å². The third kappa shape index (κ3) is 4.97. The Morgan fingerprint density at radius 3 is 2.61 bits per heavy atom. The van der Waals surface area contributed by atoms with Crippen LogP contribution in [0.15, 0.2) is 30.3 Å². The number of methoxy groups -OCH3 is 1. The van der Waals surface area contributed by atoms with Crippen molar-refractivity contribution in [2.24, 2.45) is 5.92 Å². The predicted molar refractivity (Wildman–Crippen MR) is 112 cm³/mol. The van der Waals surface area contributed by atoms with Gasteiger partial charge in [-0.3, -0.25) is 9.59 Å². The molecule has 2 aromatic rings. The van der Waals surface area contributed by atoms with E-state index >= 15 is 0 Å². The monoisotopic (exact) mass is 459 g/mol. The number of piperidine rings is 1. The number of esters is 1. The van der Waals surface area contributed by atoms with Gasteiger partial charge < -0.3 is 19.1 Å². The van der Waals surface area contributed by atoms with Crippen molar-refractivity contribution in [2.75, 3.05) is 33.4 Å². The molecule has 1 amide bonds. The highest BCUT2D eigenvalue weighted by Gasteiger charge is 2.28. The van der Waals surface area contributed by atoms with E-state index in [1.165, 1.54) is 25.3 Å². The number of hydrogen-bond donors (Lipinski definition) is 0. The maximum absolute atomic E-state index is 14.5. The number of Topliss-reactive ketones (excluding diaryl/α,β-unsaturated/α-hetero) is 1. The van der Waals surface area contributed by atoms with Crippen LogP contribution < -0.4 is 9.47 Å². The number of fused-ring (bicyclic) bond motifs is 1. The summed E-state index contributed by atoms with van der Waals surface area (Å²) in [6, 6.07) is 6.22. The summed E-state index contributed by atoms with van der Waals surface area (Å²) in [7, 11) is 1.21. The van der Waals surface area contributed by atoms with Crippen LogP contribution in [0.3, 0.4) is 0 Å². The Labute approximate surface area is 189 Å². The van der Waals surface area contributed by atoms with Gasteiger partial charge in [0.2, 0.25) is 0 Å². The molecule has 9 heteroatoms. The summed E-state index contributed by atoms with van der Waals surface area (Å²) >= 11 is 0. The van der Waals surface area contributed by atoms with Crippen LogP contribution in [-0.2, 0) is 16.0 Å². The third-order valence-electron chi connectivity index (χ3n) is 5.88. The summed E-state index contributed by atoms with van der Waals surface area (Å²) in [5.74, 6) is -1.86. The summed E-state index contributed by atoms with van der Waals surface area (Å²) in [4.78, 5) is 37.9. The van der Waals surface area contributed by atoms with E-state index in [2.05, 4.69) is 4.74 Å². The first-order valence-electron chi connectivity index (χ1n) is 10.6. The molecule has 2 heterocycles. The normalized spacial score (nSPS) is 16.1. The molecular formula is C24H23F2NO6. The minimum absolute atomic E-state index is 0.00968. The van der Waals surface area contributed by atoms with Gasteiger partial charge in [-0.1, -0.05) is 0 Å². The molecule has 0 aliphatic carbocycles. The number of rotatable bonds is 5. The molecular weight excluding hydrogens is 436 g/mol. The van der Waals surface area contributed by atoms with E-state index in [0.29, 0.717) is 37.2 Å². The van der Waals surface area contributed by atoms with Crippen LogP contribution in [-0.4, -0.2) is 56.0 Å². The molecule has 4 rings (SSSR count). The number of halogens is 2. The maximum Gasteiger partial charge on any atom is 0.341 e. The second kappa shape index (κ2) is 9.56. The van der Waals surface area contributed by atoms with Crippen molar-refractivity contribution < 1.29 is 37.4 Å². The largest absolute Gasteiger partial charge is 0.492 e. The van der Waals surface area contributed by atoms with Crippen LogP contribution >= 0.6 is 0 Å². The number of likely N-dealkylation sites (tertiary alicyclic amines) is 1. The molecule has 0 unspecified atom stereocenters. The number of nitrogens with zero attached hydrogens (tertiary/aromatic N) is 1. The fourth-order valence-corrected chi connectivity index (χ4v) is 4.04. The Morgan fingerprint density at radius 2 is 1.88 bits per heavy atom. The summed E-state index contributed by atoms with van der Waals surface area (Å²) < 4.78 is 43.7. The molecule has 0 aromatic heterocycles. The first-order chi connectivity index (χ1) is 15.9. The Kier molecular flexibility index (Phi) is 6.57. The number of carbonyl (C=O) groups excluding carboxylic acids is 3. The number of carbonyl (C=O) groups is 3. The molecule has 174 valence electrons. The lowest BCUT2D eigenvalue weighted by molar-refractivity contribution is -0.121. The van der Waals surface area contributed by atoms with Gasteiger partial charge in [-0.25, -0.2) is 13.6 Å². The van der Waals surface area contributed by atoms with Crippen LogP contribution in [0.4, 0.5) is 8.78 Å². The van der Waals surface area contributed by atoms with E-state index in [-0.39, 0.29) is 48.2 Å². The van der Waals surface area contributed by atoms with Gasteiger partial charge in [-0.05, 0) is 43.0 Å². The second-order valence-electron chi connectivity index (χ2n) is 8.12.